The van der Waals surface area contributed by atoms with E-state index in [4.69, 9.17) is 9.47 Å². The Morgan fingerprint density at radius 3 is 2.57 bits per heavy atom. The molecule has 0 unspecified atom stereocenters. The molecule has 0 aliphatic rings. The van der Waals surface area contributed by atoms with Gasteiger partial charge in [-0.25, -0.2) is 13.8 Å². The molecule has 7 heteroatoms. The molecule has 0 spiro atoms. The van der Waals surface area contributed by atoms with Crippen molar-refractivity contribution in [3.05, 3.63) is 75.2 Å². The minimum atomic E-state index is -0.629. The molecule has 0 radical (unpaired) electrons. The first kappa shape index (κ1) is 20.2. The molecule has 0 saturated heterocycles. The summed E-state index contributed by atoms with van der Waals surface area (Å²) >= 11 is 1.71. The smallest absolute Gasteiger partial charge is 0.161 e. The number of methoxy groups -OCH3 is 1. The summed E-state index contributed by atoms with van der Waals surface area (Å²) in [5.41, 5.74) is 0.921. The third kappa shape index (κ3) is 5.27. The van der Waals surface area contributed by atoms with Crippen molar-refractivity contribution in [2.24, 2.45) is 0 Å². The van der Waals surface area contributed by atoms with Crippen LogP contribution in [0.3, 0.4) is 0 Å². The van der Waals surface area contributed by atoms with Gasteiger partial charge in [0.2, 0.25) is 0 Å². The van der Waals surface area contributed by atoms with Crippen LogP contribution in [-0.4, -0.2) is 18.6 Å². The van der Waals surface area contributed by atoms with E-state index < -0.39 is 11.6 Å². The molecule has 0 amide bonds. The fraction of sp³-hybridized carbons (Fsp3) is 0.286. The fourth-order valence-corrected chi connectivity index (χ4v) is 3.49. The lowest BCUT2D eigenvalue weighted by molar-refractivity contribution is 0.274. The van der Waals surface area contributed by atoms with Crippen molar-refractivity contribution in [2.75, 3.05) is 13.7 Å². The second kappa shape index (κ2) is 9.61. The largest absolute Gasteiger partial charge is 0.493 e. The molecule has 0 aliphatic heterocycles. The third-order valence-corrected chi connectivity index (χ3v) is 5.15. The molecule has 0 aliphatic carbocycles. The molecule has 3 aromatic rings. The van der Waals surface area contributed by atoms with E-state index >= 15 is 0 Å². The average molecular weight is 404 g/mol. The molecule has 1 N–H and O–H groups in total. The van der Waals surface area contributed by atoms with Gasteiger partial charge in [0.1, 0.15) is 18.2 Å². The first-order valence-corrected chi connectivity index (χ1v) is 9.73. The van der Waals surface area contributed by atoms with Crippen LogP contribution in [-0.2, 0) is 19.6 Å². The van der Waals surface area contributed by atoms with Crippen LogP contribution >= 0.6 is 11.3 Å². The summed E-state index contributed by atoms with van der Waals surface area (Å²) in [7, 11) is 1.54. The summed E-state index contributed by atoms with van der Waals surface area (Å²) in [6, 6.07) is 9.25. The second-order valence-corrected chi connectivity index (χ2v) is 7.58. The zero-order chi connectivity index (χ0) is 19.9. The zero-order valence-electron chi connectivity index (χ0n) is 15.8. The van der Waals surface area contributed by atoms with Gasteiger partial charge in [-0.2, -0.15) is 0 Å². The normalized spacial score (nSPS) is 10.9. The lowest BCUT2D eigenvalue weighted by atomic mass is 10.2. The molecule has 28 heavy (non-hydrogen) atoms. The van der Waals surface area contributed by atoms with Crippen molar-refractivity contribution in [1.29, 1.82) is 0 Å². The third-order valence-electron chi connectivity index (χ3n) is 4.18. The Bertz CT molecular complexity index is 910. The highest BCUT2D eigenvalue weighted by molar-refractivity contribution is 7.11. The van der Waals surface area contributed by atoms with Crippen molar-refractivity contribution in [1.82, 2.24) is 10.3 Å². The monoisotopic (exact) mass is 404 g/mol. The van der Waals surface area contributed by atoms with E-state index in [9.17, 15) is 8.78 Å². The molecule has 0 saturated carbocycles. The SMILES string of the molecule is COc1cc(CNCCc2ncc(C)s2)ccc1OCc1c(F)cccc1F. The molecule has 0 fully saturated rings. The minimum absolute atomic E-state index is 0.104. The molecular formula is C21H22F2N2O2S. The highest BCUT2D eigenvalue weighted by Crippen LogP contribution is 2.29. The molecule has 148 valence electrons. The van der Waals surface area contributed by atoms with Gasteiger partial charge in [-0.1, -0.05) is 12.1 Å². The van der Waals surface area contributed by atoms with Crippen LogP contribution in [0.15, 0.2) is 42.6 Å². The predicted octanol–water partition coefficient (Wildman–Crippen LogP) is 4.65. The topological polar surface area (TPSA) is 43.4 Å². The van der Waals surface area contributed by atoms with Crippen molar-refractivity contribution < 1.29 is 18.3 Å². The Balaban J connectivity index is 1.55. The van der Waals surface area contributed by atoms with Crippen molar-refractivity contribution in [3.8, 4) is 11.5 Å². The average Bonchev–Trinajstić information content (AvgIpc) is 3.10. The lowest BCUT2D eigenvalue weighted by Gasteiger charge is -2.13. The van der Waals surface area contributed by atoms with E-state index in [0.29, 0.717) is 18.0 Å². The van der Waals surface area contributed by atoms with Gasteiger partial charge in [-0.05, 0) is 36.8 Å². The number of halogens is 2. The molecule has 1 heterocycles. The highest BCUT2D eigenvalue weighted by Gasteiger charge is 2.12. The quantitative estimate of drug-likeness (QED) is 0.527. The van der Waals surface area contributed by atoms with Crippen molar-refractivity contribution in [2.45, 2.75) is 26.5 Å². The summed E-state index contributed by atoms with van der Waals surface area (Å²) in [6.07, 6.45) is 2.77. The van der Waals surface area contributed by atoms with Gasteiger partial charge >= 0.3 is 0 Å². The van der Waals surface area contributed by atoms with Crippen LogP contribution in [0.25, 0.3) is 0 Å². The number of hydrogen-bond acceptors (Lipinski definition) is 5. The van der Waals surface area contributed by atoms with Crippen LogP contribution in [0.2, 0.25) is 0 Å². The summed E-state index contributed by atoms with van der Waals surface area (Å²) in [6.45, 7) is 3.33. The van der Waals surface area contributed by atoms with Crippen molar-refractivity contribution in [3.63, 3.8) is 0 Å². The highest BCUT2D eigenvalue weighted by atomic mass is 32.1. The van der Waals surface area contributed by atoms with Gasteiger partial charge in [0.15, 0.2) is 11.5 Å². The van der Waals surface area contributed by atoms with Crippen LogP contribution in [0.4, 0.5) is 8.78 Å². The Kier molecular flexibility index (Phi) is 6.95. The Morgan fingerprint density at radius 1 is 1.11 bits per heavy atom. The van der Waals surface area contributed by atoms with Gasteiger partial charge in [-0.15, -0.1) is 11.3 Å². The number of thiazole rings is 1. The molecular weight excluding hydrogens is 382 g/mol. The number of hydrogen-bond donors (Lipinski definition) is 1. The molecule has 0 atom stereocenters. The van der Waals surface area contributed by atoms with E-state index in [2.05, 4.69) is 10.3 Å². The maximum atomic E-state index is 13.7. The number of ether oxygens (including phenoxy) is 2. The van der Waals surface area contributed by atoms with Crippen LogP contribution in [0, 0.1) is 18.6 Å². The maximum absolute atomic E-state index is 13.7. The zero-order valence-corrected chi connectivity index (χ0v) is 16.6. The van der Waals surface area contributed by atoms with Gasteiger partial charge in [0.05, 0.1) is 17.7 Å². The van der Waals surface area contributed by atoms with E-state index in [-0.39, 0.29) is 12.2 Å². The fourth-order valence-electron chi connectivity index (χ4n) is 2.71. The number of rotatable bonds is 9. The first-order valence-electron chi connectivity index (χ1n) is 8.91. The molecule has 1 aromatic heterocycles. The van der Waals surface area contributed by atoms with Gasteiger partial charge in [0, 0.05) is 30.6 Å². The second-order valence-electron chi connectivity index (χ2n) is 6.27. The Hall–Kier alpha value is -2.51. The number of nitrogens with one attached hydrogen (secondary N) is 1. The predicted molar refractivity (Wildman–Crippen MR) is 106 cm³/mol. The van der Waals surface area contributed by atoms with E-state index in [1.54, 1.807) is 17.4 Å². The van der Waals surface area contributed by atoms with Gasteiger partial charge in [0.25, 0.3) is 0 Å². The minimum Gasteiger partial charge on any atom is -0.493 e. The van der Waals surface area contributed by atoms with E-state index in [0.717, 1.165) is 23.5 Å². The number of aromatic nitrogens is 1. The molecule has 4 nitrogen and oxygen atoms in total. The van der Waals surface area contributed by atoms with Crippen LogP contribution in [0.5, 0.6) is 11.5 Å². The van der Waals surface area contributed by atoms with Crippen LogP contribution < -0.4 is 14.8 Å². The first-order chi connectivity index (χ1) is 13.6. The number of nitrogens with zero attached hydrogens (tertiary/aromatic N) is 1. The Morgan fingerprint density at radius 2 is 1.89 bits per heavy atom. The molecule has 3 rings (SSSR count). The standard InChI is InChI=1S/C21H22F2N2O2S/c1-14-11-25-21(28-14)8-9-24-12-15-6-7-19(20(10-15)26-2)27-13-16-17(22)4-3-5-18(16)23/h3-7,10-11,24H,8-9,12-13H2,1-2H3. The molecule has 2 aromatic carbocycles. The van der Waals surface area contributed by atoms with Crippen molar-refractivity contribution >= 4 is 11.3 Å². The summed E-state index contributed by atoms with van der Waals surface area (Å²) in [5.74, 6) is -0.302. The summed E-state index contributed by atoms with van der Waals surface area (Å²) in [5, 5.41) is 4.49. The Labute approximate surface area is 167 Å². The van der Waals surface area contributed by atoms with Gasteiger partial charge in [-0.3, -0.25) is 0 Å². The summed E-state index contributed by atoms with van der Waals surface area (Å²) < 4.78 is 38.4. The number of aryl methyl sites for hydroxylation is 1. The maximum Gasteiger partial charge on any atom is 0.161 e. The van der Waals surface area contributed by atoms with E-state index in [1.807, 2.05) is 25.3 Å². The number of benzene rings is 2. The van der Waals surface area contributed by atoms with Crippen LogP contribution in [0.1, 0.15) is 21.0 Å². The lowest BCUT2D eigenvalue weighted by Crippen LogP contribution is -2.16. The summed E-state index contributed by atoms with van der Waals surface area (Å²) in [4.78, 5) is 5.56. The van der Waals surface area contributed by atoms with E-state index in [1.165, 1.54) is 30.2 Å². The molecule has 0 bridgehead atoms. The van der Waals surface area contributed by atoms with Gasteiger partial charge < -0.3 is 14.8 Å².